The van der Waals surface area contributed by atoms with Gasteiger partial charge in [-0.1, -0.05) is 44.9 Å². The molecule has 0 aliphatic rings. The number of hydrogen-bond donors (Lipinski definition) is 0. The average molecular weight is 407 g/mol. The summed E-state index contributed by atoms with van der Waals surface area (Å²) in [5.74, 6) is -1.17. The van der Waals surface area contributed by atoms with Crippen LogP contribution in [0.25, 0.3) is 11.3 Å². The maximum Gasteiger partial charge on any atom is 0.343 e. The fourth-order valence-corrected chi connectivity index (χ4v) is 3.09. The third-order valence-electron chi connectivity index (χ3n) is 4.93. The molecule has 0 N–H and O–H groups in total. The second-order valence-corrected chi connectivity index (χ2v) is 7.33. The van der Waals surface area contributed by atoms with Gasteiger partial charge in [-0.15, -0.1) is 0 Å². The van der Waals surface area contributed by atoms with Crippen molar-refractivity contribution in [1.29, 1.82) is 0 Å². The molecule has 0 radical (unpaired) electrons. The first-order chi connectivity index (χ1) is 14.6. The summed E-state index contributed by atoms with van der Waals surface area (Å²) in [7, 11) is 0. The Bertz CT molecular complexity index is 969. The van der Waals surface area contributed by atoms with Crippen molar-refractivity contribution >= 4 is 5.97 Å². The van der Waals surface area contributed by atoms with Gasteiger partial charge in [0, 0.05) is 11.8 Å². The largest absolute Gasteiger partial charge is 0.420 e. The SMILES string of the molecule is CCCCc1ccc(OC(=O)c2ccc(-c3cnc(CCCC)cn3)cc2)c(F)c1. The fourth-order valence-electron chi connectivity index (χ4n) is 3.09. The van der Waals surface area contributed by atoms with Crippen LogP contribution >= 0.6 is 0 Å². The zero-order valence-electron chi connectivity index (χ0n) is 17.5. The van der Waals surface area contributed by atoms with Crippen LogP contribution in [0, 0.1) is 5.82 Å². The molecule has 30 heavy (non-hydrogen) atoms. The summed E-state index contributed by atoms with van der Waals surface area (Å²) < 4.78 is 19.5. The van der Waals surface area contributed by atoms with E-state index in [1.807, 2.05) is 0 Å². The Balaban J connectivity index is 1.65. The Labute approximate surface area is 177 Å². The van der Waals surface area contributed by atoms with Gasteiger partial charge >= 0.3 is 5.97 Å². The van der Waals surface area contributed by atoms with Crippen LogP contribution in [0.15, 0.2) is 54.9 Å². The van der Waals surface area contributed by atoms with Gasteiger partial charge < -0.3 is 4.74 Å². The molecule has 0 unspecified atom stereocenters. The molecule has 0 aliphatic heterocycles. The Morgan fingerprint density at radius 2 is 1.67 bits per heavy atom. The van der Waals surface area contributed by atoms with E-state index in [0.717, 1.165) is 61.0 Å². The molecule has 0 saturated heterocycles. The van der Waals surface area contributed by atoms with Gasteiger partial charge in [-0.3, -0.25) is 9.97 Å². The van der Waals surface area contributed by atoms with Crippen molar-refractivity contribution in [2.75, 3.05) is 0 Å². The highest BCUT2D eigenvalue weighted by molar-refractivity contribution is 5.91. The number of hydrogen-bond acceptors (Lipinski definition) is 4. The maximum atomic E-state index is 14.3. The zero-order valence-corrected chi connectivity index (χ0v) is 17.5. The second kappa shape index (κ2) is 10.6. The van der Waals surface area contributed by atoms with Crippen molar-refractivity contribution in [2.24, 2.45) is 0 Å². The van der Waals surface area contributed by atoms with E-state index in [-0.39, 0.29) is 5.75 Å². The highest BCUT2D eigenvalue weighted by Gasteiger charge is 2.13. The highest BCUT2D eigenvalue weighted by Crippen LogP contribution is 2.22. The first-order valence-corrected chi connectivity index (χ1v) is 10.5. The molecular formula is C25H27FN2O2. The lowest BCUT2D eigenvalue weighted by molar-refractivity contribution is 0.0728. The zero-order chi connectivity index (χ0) is 21.3. The number of nitrogens with zero attached hydrogens (tertiary/aromatic N) is 2. The van der Waals surface area contributed by atoms with E-state index in [1.165, 1.54) is 12.1 Å². The molecule has 0 atom stereocenters. The molecule has 0 aliphatic carbocycles. The normalized spacial score (nSPS) is 10.8. The Kier molecular flexibility index (Phi) is 7.66. The number of aryl methyl sites for hydroxylation is 2. The second-order valence-electron chi connectivity index (χ2n) is 7.33. The van der Waals surface area contributed by atoms with Crippen molar-refractivity contribution in [2.45, 2.75) is 52.4 Å². The summed E-state index contributed by atoms with van der Waals surface area (Å²) in [6.45, 7) is 4.23. The van der Waals surface area contributed by atoms with Crippen LogP contribution in [0.2, 0.25) is 0 Å². The molecule has 3 rings (SSSR count). The van der Waals surface area contributed by atoms with Crippen molar-refractivity contribution in [3.8, 4) is 17.0 Å². The maximum absolute atomic E-state index is 14.3. The average Bonchev–Trinajstić information content (AvgIpc) is 2.78. The van der Waals surface area contributed by atoms with Gasteiger partial charge in [0.2, 0.25) is 0 Å². The minimum absolute atomic E-state index is 0.0575. The van der Waals surface area contributed by atoms with Crippen molar-refractivity contribution in [3.05, 3.63) is 77.5 Å². The van der Waals surface area contributed by atoms with Gasteiger partial charge in [-0.25, -0.2) is 9.18 Å². The first kappa shape index (κ1) is 21.6. The number of unbranched alkanes of at least 4 members (excludes halogenated alkanes) is 2. The number of benzene rings is 2. The molecule has 3 aromatic rings. The molecule has 1 aromatic heterocycles. The number of aromatic nitrogens is 2. The van der Waals surface area contributed by atoms with Gasteiger partial charge in [0.25, 0.3) is 0 Å². The highest BCUT2D eigenvalue weighted by atomic mass is 19.1. The van der Waals surface area contributed by atoms with E-state index in [4.69, 9.17) is 4.74 Å². The number of carbonyl (C=O) groups is 1. The van der Waals surface area contributed by atoms with Crippen LogP contribution in [0.1, 0.15) is 61.1 Å². The number of rotatable bonds is 9. The number of ether oxygens (including phenoxy) is 1. The molecule has 0 fully saturated rings. The summed E-state index contributed by atoms with van der Waals surface area (Å²) in [5.41, 5.74) is 3.82. The molecular weight excluding hydrogens is 379 g/mol. The summed E-state index contributed by atoms with van der Waals surface area (Å²) in [4.78, 5) is 21.3. The lowest BCUT2D eigenvalue weighted by Crippen LogP contribution is -2.09. The van der Waals surface area contributed by atoms with E-state index < -0.39 is 11.8 Å². The Hall–Kier alpha value is -3.08. The fraction of sp³-hybridized carbons (Fsp3) is 0.320. The van der Waals surface area contributed by atoms with Gasteiger partial charge in [0.05, 0.1) is 23.1 Å². The van der Waals surface area contributed by atoms with Gasteiger partial charge in [0.1, 0.15) is 0 Å². The molecule has 5 heteroatoms. The smallest absolute Gasteiger partial charge is 0.343 e. The Morgan fingerprint density at radius 3 is 2.30 bits per heavy atom. The predicted molar refractivity (Wildman–Crippen MR) is 116 cm³/mol. The lowest BCUT2D eigenvalue weighted by Gasteiger charge is -2.08. The van der Waals surface area contributed by atoms with Crippen LogP contribution in [-0.4, -0.2) is 15.9 Å². The quantitative estimate of drug-likeness (QED) is 0.314. The van der Waals surface area contributed by atoms with Crippen molar-refractivity contribution in [1.82, 2.24) is 9.97 Å². The molecule has 0 amide bonds. The van der Waals surface area contributed by atoms with E-state index in [2.05, 4.69) is 23.8 Å². The van der Waals surface area contributed by atoms with Gasteiger partial charge in [-0.05, 0) is 55.5 Å². The topological polar surface area (TPSA) is 52.1 Å². The number of carbonyl (C=O) groups excluding carboxylic acids is 1. The summed E-state index contributed by atoms with van der Waals surface area (Å²) in [6.07, 6.45) is 9.52. The summed E-state index contributed by atoms with van der Waals surface area (Å²) >= 11 is 0. The van der Waals surface area contributed by atoms with Gasteiger partial charge in [-0.2, -0.15) is 0 Å². The number of halogens is 1. The molecule has 1 heterocycles. The van der Waals surface area contributed by atoms with Crippen molar-refractivity contribution < 1.29 is 13.9 Å². The number of esters is 1. The van der Waals surface area contributed by atoms with E-state index >= 15 is 0 Å². The third-order valence-corrected chi connectivity index (χ3v) is 4.93. The van der Waals surface area contributed by atoms with Crippen LogP contribution < -0.4 is 4.74 Å². The minimum atomic E-state index is -0.595. The van der Waals surface area contributed by atoms with Gasteiger partial charge in [0.15, 0.2) is 11.6 Å². The third kappa shape index (κ3) is 5.72. The van der Waals surface area contributed by atoms with Crippen LogP contribution in [0.3, 0.4) is 0 Å². The van der Waals surface area contributed by atoms with E-state index in [1.54, 1.807) is 42.7 Å². The predicted octanol–water partition coefficient (Wildman–Crippen LogP) is 6.19. The summed E-state index contributed by atoms with van der Waals surface area (Å²) in [5, 5.41) is 0. The monoisotopic (exact) mass is 406 g/mol. The molecule has 0 bridgehead atoms. The lowest BCUT2D eigenvalue weighted by atomic mass is 10.1. The molecule has 2 aromatic carbocycles. The molecule has 4 nitrogen and oxygen atoms in total. The molecule has 156 valence electrons. The summed E-state index contributed by atoms with van der Waals surface area (Å²) in [6, 6.07) is 11.6. The van der Waals surface area contributed by atoms with Crippen LogP contribution in [-0.2, 0) is 12.8 Å². The molecule has 0 spiro atoms. The van der Waals surface area contributed by atoms with E-state index in [0.29, 0.717) is 5.56 Å². The minimum Gasteiger partial charge on any atom is -0.420 e. The van der Waals surface area contributed by atoms with Crippen LogP contribution in [0.4, 0.5) is 4.39 Å². The standard InChI is InChI=1S/C25H27FN2O2/c1-3-5-7-18-9-14-24(22(26)15-18)30-25(29)20-12-10-19(11-13-20)23-17-27-21(16-28-23)8-6-4-2/h9-17H,3-8H2,1-2H3. The molecule has 0 saturated carbocycles. The Morgan fingerprint density at radius 1 is 0.933 bits per heavy atom. The first-order valence-electron chi connectivity index (χ1n) is 10.5. The van der Waals surface area contributed by atoms with E-state index in [9.17, 15) is 9.18 Å². The van der Waals surface area contributed by atoms with Crippen molar-refractivity contribution in [3.63, 3.8) is 0 Å². The van der Waals surface area contributed by atoms with Crippen LogP contribution in [0.5, 0.6) is 5.75 Å².